The largest absolute Gasteiger partial charge is 0.383 e. The lowest BCUT2D eigenvalue weighted by atomic mass is 10.2. The Balaban J connectivity index is 2.27. The van der Waals surface area contributed by atoms with Gasteiger partial charge in [0.05, 0.1) is 12.3 Å². The summed E-state index contributed by atoms with van der Waals surface area (Å²) in [5.74, 6) is 0.261. The van der Waals surface area contributed by atoms with Crippen LogP contribution in [0.2, 0.25) is 0 Å². The number of aromatic nitrogens is 4. The second kappa shape index (κ2) is 6.51. The van der Waals surface area contributed by atoms with Gasteiger partial charge in [-0.25, -0.2) is 4.68 Å². The molecule has 114 valence electrons. The highest BCUT2D eigenvalue weighted by atomic mass is 16.5. The highest BCUT2D eigenvalue weighted by molar-refractivity contribution is 5.90. The Bertz CT molecular complexity index is 631. The van der Waals surface area contributed by atoms with E-state index in [0.29, 0.717) is 13.2 Å². The molecule has 0 bridgehead atoms. The average molecular weight is 292 g/mol. The first-order chi connectivity index (χ1) is 10.0. The van der Waals surface area contributed by atoms with Crippen molar-refractivity contribution in [2.45, 2.75) is 13.5 Å². The van der Waals surface area contributed by atoms with Gasteiger partial charge >= 0.3 is 0 Å². The minimum atomic E-state index is -0.549. The number of methoxy groups -OCH3 is 1. The highest BCUT2D eigenvalue weighted by Gasteiger charge is 2.16. The molecule has 0 aromatic carbocycles. The van der Waals surface area contributed by atoms with Crippen LogP contribution in [-0.2, 0) is 18.3 Å². The normalized spacial score (nSPS) is 11.0. The lowest BCUT2D eigenvalue weighted by Gasteiger charge is -2.08. The molecule has 1 amide bonds. The van der Waals surface area contributed by atoms with Crippen molar-refractivity contribution in [3.8, 4) is 5.82 Å². The summed E-state index contributed by atoms with van der Waals surface area (Å²) in [4.78, 5) is 11.2. The van der Waals surface area contributed by atoms with Crippen LogP contribution in [0.25, 0.3) is 5.82 Å². The number of nitrogens with two attached hydrogens (primary N) is 1. The molecule has 2 rings (SSSR count). The molecule has 2 aromatic heterocycles. The monoisotopic (exact) mass is 292 g/mol. The van der Waals surface area contributed by atoms with Crippen LogP contribution < -0.4 is 11.1 Å². The molecule has 0 spiro atoms. The number of hydrogen-bond donors (Lipinski definition) is 2. The second-order valence-electron chi connectivity index (χ2n) is 4.69. The van der Waals surface area contributed by atoms with Crippen LogP contribution in [0.15, 0.2) is 12.3 Å². The molecule has 0 unspecified atom stereocenters. The van der Waals surface area contributed by atoms with Gasteiger partial charge in [-0.1, -0.05) is 0 Å². The van der Waals surface area contributed by atoms with E-state index in [1.165, 1.54) is 0 Å². The SMILES string of the molecule is COCCNCc1c(C)nn(C)c1-n1ccc(C(N)=O)n1. The number of rotatable bonds is 7. The molecular weight excluding hydrogens is 272 g/mol. The van der Waals surface area contributed by atoms with E-state index in [-0.39, 0.29) is 5.69 Å². The van der Waals surface area contributed by atoms with Crippen LogP contribution in [0, 0.1) is 6.92 Å². The lowest BCUT2D eigenvalue weighted by Crippen LogP contribution is -2.20. The number of primary amides is 1. The number of aryl methyl sites for hydroxylation is 2. The van der Waals surface area contributed by atoms with Crippen molar-refractivity contribution in [2.75, 3.05) is 20.3 Å². The van der Waals surface area contributed by atoms with Crippen molar-refractivity contribution in [1.82, 2.24) is 24.9 Å². The van der Waals surface area contributed by atoms with Crippen molar-refractivity contribution in [2.24, 2.45) is 12.8 Å². The van der Waals surface area contributed by atoms with Crippen molar-refractivity contribution < 1.29 is 9.53 Å². The molecule has 21 heavy (non-hydrogen) atoms. The van der Waals surface area contributed by atoms with E-state index >= 15 is 0 Å². The fourth-order valence-corrected chi connectivity index (χ4v) is 2.14. The predicted molar refractivity (Wildman–Crippen MR) is 77.2 cm³/mol. The number of nitrogens with zero attached hydrogens (tertiary/aromatic N) is 4. The number of amides is 1. The maximum absolute atomic E-state index is 11.2. The molecule has 8 nitrogen and oxygen atoms in total. The summed E-state index contributed by atoms with van der Waals surface area (Å²) in [6, 6.07) is 1.59. The Morgan fingerprint density at radius 2 is 2.24 bits per heavy atom. The molecule has 0 aliphatic rings. The van der Waals surface area contributed by atoms with Crippen LogP contribution in [0.5, 0.6) is 0 Å². The smallest absolute Gasteiger partial charge is 0.269 e. The molecule has 2 heterocycles. The second-order valence-corrected chi connectivity index (χ2v) is 4.69. The van der Waals surface area contributed by atoms with E-state index in [0.717, 1.165) is 23.6 Å². The van der Waals surface area contributed by atoms with Crippen LogP contribution >= 0.6 is 0 Å². The Morgan fingerprint density at radius 1 is 1.48 bits per heavy atom. The zero-order chi connectivity index (χ0) is 15.4. The minimum absolute atomic E-state index is 0.229. The topological polar surface area (TPSA) is 100.0 Å². The van der Waals surface area contributed by atoms with E-state index in [1.54, 1.807) is 28.7 Å². The van der Waals surface area contributed by atoms with Crippen molar-refractivity contribution in [3.63, 3.8) is 0 Å². The average Bonchev–Trinajstić information content (AvgIpc) is 3.00. The number of hydrogen-bond acceptors (Lipinski definition) is 5. The molecule has 3 N–H and O–H groups in total. The van der Waals surface area contributed by atoms with Gasteiger partial charge in [-0.2, -0.15) is 10.2 Å². The van der Waals surface area contributed by atoms with Gasteiger partial charge in [-0.3, -0.25) is 9.48 Å². The molecule has 0 fully saturated rings. The Labute approximate surface area is 122 Å². The van der Waals surface area contributed by atoms with Crippen LogP contribution in [-0.4, -0.2) is 45.7 Å². The minimum Gasteiger partial charge on any atom is -0.383 e. The Hall–Kier alpha value is -2.19. The first-order valence-corrected chi connectivity index (χ1v) is 6.62. The van der Waals surface area contributed by atoms with Gasteiger partial charge in [0.15, 0.2) is 5.82 Å². The molecule has 0 atom stereocenters. The van der Waals surface area contributed by atoms with Gasteiger partial charge in [0.2, 0.25) is 0 Å². The third kappa shape index (κ3) is 3.29. The summed E-state index contributed by atoms with van der Waals surface area (Å²) in [7, 11) is 3.50. The standard InChI is InChI=1S/C13H20N6O2/c1-9-10(8-15-5-7-21-3)13(18(2)16-9)19-6-4-11(17-19)12(14)20/h4,6,15H,5,7-8H2,1-3H3,(H2,14,20). The van der Waals surface area contributed by atoms with E-state index < -0.39 is 5.91 Å². The predicted octanol–water partition coefficient (Wildman–Crippen LogP) is -0.251. The molecule has 8 heteroatoms. The molecule has 2 aromatic rings. The van der Waals surface area contributed by atoms with Gasteiger partial charge < -0.3 is 15.8 Å². The van der Waals surface area contributed by atoms with E-state index in [1.807, 2.05) is 14.0 Å². The van der Waals surface area contributed by atoms with Crippen molar-refractivity contribution in [1.29, 1.82) is 0 Å². The van der Waals surface area contributed by atoms with Gasteiger partial charge in [0, 0.05) is 39.0 Å². The zero-order valence-electron chi connectivity index (χ0n) is 12.5. The summed E-state index contributed by atoms with van der Waals surface area (Å²) >= 11 is 0. The van der Waals surface area contributed by atoms with Gasteiger partial charge in [0.1, 0.15) is 5.69 Å². The molecule has 0 saturated carbocycles. The van der Waals surface area contributed by atoms with Crippen LogP contribution in [0.1, 0.15) is 21.7 Å². The Morgan fingerprint density at radius 3 is 2.86 bits per heavy atom. The fourth-order valence-electron chi connectivity index (χ4n) is 2.14. The van der Waals surface area contributed by atoms with Crippen LogP contribution in [0.3, 0.4) is 0 Å². The van der Waals surface area contributed by atoms with Gasteiger partial charge in [-0.15, -0.1) is 0 Å². The number of carbonyl (C=O) groups is 1. The van der Waals surface area contributed by atoms with E-state index in [9.17, 15) is 4.79 Å². The highest BCUT2D eigenvalue weighted by Crippen LogP contribution is 2.17. The van der Waals surface area contributed by atoms with Gasteiger partial charge in [0.25, 0.3) is 5.91 Å². The lowest BCUT2D eigenvalue weighted by molar-refractivity contribution is 0.0995. The Kier molecular flexibility index (Phi) is 4.71. The molecule has 0 saturated heterocycles. The van der Waals surface area contributed by atoms with Crippen LogP contribution in [0.4, 0.5) is 0 Å². The fraction of sp³-hybridized carbons (Fsp3) is 0.462. The molecular formula is C13H20N6O2. The summed E-state index contributed by atoms with van der Waals surface area (Å²) < 4.78 is 8.36. The van der Waals surface area contributed by atoms with E-state index in [2.05, 4.69) is 15.5 Å². The third-order valence-corrected chi connectivity index (χ3v) is 3.16. The first kappa shape index (κ1) is 15.2. The third-order valence-electron chi connectivity index (χ3n) is 3.16. The first-order valence-electron chi connectivity index (χ1n) is 6.62. The molecule has 0 aliphatic carbocycles. The summed E-state index contributed by atoms with van der Waals surface area (Å²) in [6.07, 6.45) is 1.70. The maximum Gasteiger partial charge on any atom is 0.269 e. The van der Waals surface area contributed by atoms with Crippen molar-refractivity contribution >= 4 is 5.91 Å². The molecule has 0 aliphatic heterocycles. The number of nitrogens with one attached hydrogen (secondary N) is 1. The zero-order valence-corrected chi connectivity index (χ0v) is 12.5. The number of ether oxygens (including phenoxy) is 1. The quantitative estimate of drug-likeness (QED) is 0.685. The molecule has 0 radical (unpaired) electrons. The summed E-state index contributed by atoms with van der Waals surface area (Å²) in [5.41, 5.74) is 7.40. The summed E-state index contributed by atoms with van der Waals surface area (Å²) in [5, 5.41) is 11.9. The van der Waals surface area contributed by atoms with Crippen molar-refractivity contribution in [3.05, 3.63) is 29.2 Å². The van der Waals surface area contributed by atoms with E-state index in [4.69, 9.17) is 10.5 Å². The maximum atomic E-state index is 11.2. The summed E-state index contributed by atoms with van der Waals surface area (Å²) in [6.45, 7) is 3.97. The van der Waals surface area contributed by atoms with Gasteiger partial charge in [-0.05, 0) is 13.0 Å². The number of carbonyl (C=O) groups excluding carboxylic acids is 1.